The van der Waals surface area contributed by atoms with Gasteiger partial charge in [-0.05, 0) is 26.3 Å². The molecule has 0 radical (unpaired) electrons. The second-order valence-electron chi connectivity index (χ2n) is 5.67. The van der Waals surface area contributed by atoms with Crippen molar-refractivity contribution in [2.75, 3.05) is 18.0 Å². The molecule has 1 saturated heterocycles. The molecule has 19 heavy (non-hydrogen) atoms. The molecule has 1 atom stereocenters. The van der Waals surface area contributed by atoms with Gasteiger partial charge in [-0.2, -0.15) is 0 Å². The zero-order valence-corrected chi connectivity index (χ0v) is 12.2. The number of anilines is 1. The van der Waals surface area contributed by atoms with Crippen molar-refractivity contribution in [1.29, 1.82) is 0 Å². The summed E-state index contributed by atoms with van der Waals surface area (Å²) in [5.74, 6) is -1.24. The minimum Gasteiger partial charge on any atom is -0.362 e. The van der Waals surface area contributed by atoms with Crippen molar-refractivity contribution >= 4 is 17.3 Å². The van der Waals surface area contributed by atoms with Crippen LogP contribution in [0.4, 0.5) is 14.5 Å². The van der Waals surface area contributed by atoms with Gasteiger partial charge in [0.25, 0.3) is 0 Å². The molecule has 1 unspecified atom stereocenters. The van der Waals surface area contributed by atoms with Gasteiger partial charge in [0.15, 0.2) is 5.82 Å². The number of rotatable bonds is 2. The van der Waals surface area contributed by atoms with Crippen LogP contribution in [0.1, 0.15) is 27.2 Å². The van der Waals surface area contributed by atoms with E-state index >= 15 is 0 Å². The Morgan fingerprint density at radius 2 is 2.11 bits per heavy atom. The number of benzene rings is 1. The van der Waals surface area contributed by atoms with Gasteiger partial charge in [-0.3, -0.25) is 0 Å². The molecule has 2 rings (SSSR count). The molecule has 2 nitrogen and oxygen atoms in total. The normalized spacial score (nSPS) is 22.6. The lowest BCUT2D eigenvalue weighted by Crippen LogP contribution is -2.61. The maximum atomic E-state index is 14.1. The second kappa shape index (κ2) is 5.25. The second-order valence-corrected chi connectivity index (χ2v) is 6.08. The zero-order chi connectivity index (χ0) is 14.2. The van der Waals surface area contributed by atoms with Crippen LogP contribution in [-0.2, 0) is 0 Å². The van der Waals surface area contributed by atoms with E-state index in [1.165, 1.54) is 6.07 Å². The van der Waals surface area contributed by atoms with E-state index in [-0.39, 0.29) is 16.6 Å². The van der Waals surface area contributed by atoms with Crippen LogP contribution in [0.25, 0.3) is 0 Å². The topological polar surface area (TPSA) is 15.3 Å². The van der Waals surface area contributed by atoms with Gasteiger partial charge in [-0.15, -0.1) is 0 Å². The lowest BCUT2D eigenvalue weighted by atomic mass is 9.96. The van der Waals surface area contributed by atoms with Crippen LogP contribution in [0.5, 0.6) is 0 Å². The molecule has 5 heteroatoms. The van der Waals surface area contributed by atoms with E-state index in [1.807, 2.05) is 11.8 Å². The Balaban J connectivity index is 2.42. The summed E-state index contributed by atoms with van der Waals surface area (Å²) >= 11 is 6.04. The number of hydrogen-bond donors (Lipinski definition) is 1. The number of piperazine rings is 1. The molecule has 0 aromatic heterocycles. The van der Waals surface area contributed by atoms with Gasteiger partial charge < -0.3 is 10.2 Å². The van der Waals surface area contributed by atoms with Crippen LogP contribution in [-0.4, -0.2) is 24.7 Å². The molecule has 0 bridgehead atoms. The summed E-state index contributed by atoms with van der Waals surface area (Å²) in [4.78, 5) is 1.95. The van der Waals surface area contributed by atoms with Crippen LogP contribution in [0, 0.1) is 11.6 Å². The van der Waals surface area contributed by atoms with E-state index in [2.05, 4.69) is 19.2 Å². The van der Waals surface area contributed by atoms with Crippen LogP contribution >= 0.6 is 11.6 Å². The van der Waals surface area contributed by atoms with Crippen molar-refractivity contribution in [2.45, 2.75) is 38.8 Å². The third-order valence-corrected chi connectivity index (χ3v) is 3.85. The number of nitrogens with zero attached hydrogens (tertiary/aromatic N) is 1. The zero-order valence-electron chi connectivity index (χ0n) is 11.4. The molecule has 106 valence electrons. The van der Waals surface area contributed by atoms with Crippen molar-refractivity contribution < 1.29 is 8.78 Å². The van der Waals surface area contributed by atoms with Crippen LogP contribution in [0.3, 0.4) is 0 Å². The highest BCUT2D eigenvalue weighted by Gasteiger charge is 2.34. The summed E-state index contributed by atoms with van der Waals surface area (Å²) < 4.78 is 27.2. The van der Waals surface area contributed by atoms with E-state index in [0.717, 1.165) is 19.0 Å². The predicted molar refractivity (Wildman–Crippen MR) is 74.9 cm³/mol. The molecular weight excluding hydrogens is 270 g/mol. The third kappa shape index (κ3) is 3.00. The largest absolute Gasteiger partial charge is 0.362 e. The summed E-state index contributed by atoms with van der Waals surface area (Å²) in [5.41, 5.74) is 0.181. The molecule has 1 heterocycles. The minimum atomic E-state index is -0.645. The van der Waals surface area contributed by atoms with E-state index in [9.17, 15) is 8.78 Å². The van der Waals surface area contributed by atoms with Crippen LogP contribution in [0.15, 0.2) is 12.1 Å². The van der Waals surface area contributed by atoms with Gasteiger partial charge in [-0.1, -0.05) is 18.5 Å². The Labute approximate surface area is 117 Å². The highest BCUT2D eigenvalue weighted by atomic mass is 35.5. The summed E-state index contributed by atoms with van der Waals surface area (Å²) in [6, 6.07) is 2.22. The molecule has 0 aliphatic carbocycles. The smallest absolute Gasteiger partial charge is 0.150 e. The predicted octanol–water partition coefficient (Wildman–Crippen LogP) is 3.59. The van der Waals surface area contributed by atoms with Crippen molar-refractivity contribution in [1.82, 2.24) is 5.32 Å². The molecule has 1 aromatic carbocycles. The minimum absolute atomic E-state index is 0.129. The lowest BCUT2D eigenvalue weighted by molar-refractivity contribution is 0.304. The maximum absolute atomic E-state index is 14.1. The lowest BCUT2D eigenvalue weighted by Gasteiger charge is -2.46. The Bertz CT molecular complexity index is 454. The van der Waals surface area contributed by atoms with Gasteiger partial charge in [0.05, 0.1) is 10.7 Å². The average Bonchev–Trinajstić information content (AvgIpc) is 2.26. The monoisotopic (exact) mass is 288 g/mol. The Hall–Kier alpha value is -0.870. The van der Waals surface area contributed by atoms with Gasteiger partial charge in [0, 0.05) is 30.7 Å². The molecule has 0 saturated carbocycles. The highest BCUT2D eigenvalue weighted by molar-refractivity contribution is 6.33. The van der Waals surface area contributed by atoms with E-state index < -0.39 is 11.6 Å². The maximum Gasteiger partial charge on any atom is 0.150 e. The molecular formula is C14H19ClF2N2. The molecule has 0 amide bonds. The van der Waals surface area contributed by atoms with Gasteiger partial charge >= 0.3 is 0 Å². The highest BCUT2D eigenvalue weighted by Crippen LogP contribution is 2.34. The summed E-state index contributed by atoms with van der Waals surface area (Å²) in [6.07, 6.45) is 0.871. The number of hydrogen-bond acceptors (Lipinski definition) is 2. The first-order chi connectivity index (χ1) is 8.84. The van der Waals surface area contributed by atoms with Crippen molar-refractivity contribution in [3.8, 4) is 0 Å². The first kappa shape index (κ1) is 14.5. The van der Waals surface area contributed by atoms with Crippen molar-refractivity contribution in [3.63, 3.8) is 0 Å². The summed E-state index contributed by atoms with van der Waals surface area (Å²) in [6.45, 7) is 7.56. The molecule has 1 N–H and O–H groups in total. The van der Waals surface area contributed by atoms with Gasteiger partial charge in [0.1, 0.15) is 5.82 Å². The Kier molecular flexibility index (Phi) is 4.02. The van der Waals surface area contributed by atoms with Gasteiger partial charge in [-0.25, -0.2) is 8.78 Å². The first-order valence-electron chi connectivity index (χ1n) is 6.50. The molecule has 1 aliphatic rings. The fourth-order valence-corrected chi connectivity index (χ4v) is 2.85. The molecule has 1 fully saturated rings. The molecule has 1 aromatic rings. The average molecular weight is 289 g/mol. The van der Waals surface area contributed by atoms with E-state index in [1.54, 1.807) is 0 Å². The fraction of sp³-hybridized carbons (Fsp3) is 0.571. The SMILES string of the molecule is CCC1CNC(C)(C)CN1c1c(F)cc(F)cc1Cl. The van der Waals surface area contributed by atoms with Crippen LogP contribution < -0.4 is 10.2 Å². The van der Waals surface area contributed by atoms with Crippen molar-refractivity contribution in [2.24, 2.45) is 0 Å². The van der Waals surface area contributed by atoms with E-state index in [0.29, 0.717) is 12.2 Å². The Morgan fingerprint density at radius 1 is 1.42 bits per heavy atom. The fourth-order valence-electron chi connectivity index (χ4n) is 2.55. The molecule has 1 aliphatic heterocycles. The summed E-state index contributed by atoms with van der Waals surface area (Å²) in [7, 11) is 0. The van der Waals surface area contributed by atoms with E-state index in [4.69, 9.17) is 11.6 Å². The third-order valence-electron chi connectivity index (χ3n) is 3.56. The Morgan fingerprint density at radius 3 is 2.68 bits per heavy atom. The summed E-state index contributed by atoms with van der Waals surface area (Å²) in [5, 5.41) is 3.56. The first-order valence-corrected chi connectivity index (χ1v) is 6.88. The standard InChI is InChI=1S/C14H19ClF2N2/c1-4-10-7-18-14(2,3)8-19(10)13-11(15)5-9(16)6-12(13)17/h5-6,10,18H,4,7-8H2,1-3H3. The molecule has 0 spiro atoms. The van der Waals surface area contributed by atoms with Crippen molar-refractivity contribution in [3.05, 3.63) is 28.8 Å². The number of nitrogens with one attached hydrogen (secondary N) is 1. The van der Waals surface area contributed by atoms with Gasteiger partial charge in [0.2, 0.25) is 0 Å². The number of halogens is 3. The quantitative estimate of drug-likeness (QED) is 0.895. The van der Waals surface area contributed by atoms with Crippen LogP contribution in [0.2, 0.25) is 5.02 Å².